The third-order valence-corrected chi connectivity index (χ3v) is 7.71. The lowest BCUT2D eigenvalue weighted by Gasteiger charge is -2.71. The second kappa shape index (κ2) is 8.29. The van der Waals surface area contributed by atoms with Crippen molar-refractivity contribution < 1.29 is 14.6 Å². The number of hydrogen-bond donors (Lipinski definition) is 1. The van der Waals surface area contributed by atoms with E-state index in [0.29, 0.717) is 5.91 Å². The number of carbonyl (C=O) groups is 1. The highest BCUT2D eigenvalue weighted by atomic mass is 16.5. The van der Waals surface area contributed by atoms with Gasteiger partial charge < -0.3 is 14.7 Å². The van der Waals surface area contributed by atoms with Crippen LogP contribution in [0.5, 0.6) is 5.75 Å². The topological polar surface area (TPSA) is 53.0 Å². The van der Waals surface area contributed by atoms with E-state index in [0.717, 1.165) is 38.2 Å². The van der Waals surface area contributed by atoms with Gasteiger partial charge in [0.05, 0.1) is 19.3 Å². The van der Waals surface area contributed by atoms with Crippen LogP contribution in [0.3, 0.4) is 0 Å². The molecule has 1 aliphatic carbocycles. The molecule has 1 amide bonds. The normalized spacial score (nSPS) is 25.3. The van der Waals surface area contributed by atoms with Crippen molar-refractivity contribution in [2.45, 2.75) is 49.7 Å². The van der Waals surface area contributed by atoms with E-state index in [1.165, 1.54) is 24.0 Å². The SMILES string of the molecule is COc1cccc(CN2[C@H](CO)[C@H](c3ccccc3)C23CN(C(=O)C2CCCC2)C3)c1. The summed E-state index contributed by atoms with van der Waals surface area (Å²) >= 11 is 0. The van der Waals surface area contributed by atoms with E-state index in [1.807, 2.05) is 18.2 Å². The first-order valence-corrected chi connectivity index (χ1v) is 11.5. The van der Waals surface area contributed by atoms with E-state index < -0.39 is 0 Å². The van der Waals surface area contributed by atoms with Crippen LogP contribution in [0.2, 0.25) is 0 Å². The zero-order valence-electron chi connectivity index (χ0n) is 18.2. The highest BCUT2D eigenvalue weighted by Gasteiger charge is 2.66. The van der Waals surface area contributed by atoms with Gasteiger partial charge >= 0.3 is 0 Å². The fraction of sp³-hybridized carbons (Fsp3) is 0.500. The lowest BCUT2D eigenvalue weighted by molar-refractivity contribution is -0.202. The number of hydrogen-bond acceptors (Lipinski definition) is 4. The molecule has 1 spiro atoms. The Morgan fingerprint density at radius 3 is 2.52 bits per heavy atom. The monoisotopic (exact) mass is 420 g/mol. The highest BCUT2D eigenvalue weighted by molar-refractivity contribution is 5.80. The third-order valence-electron chi connectivity index (χ3n) is 7.71. The van der Waals surface area contributed by atoms with Gasteiger partial charge in [0.15, 0.2) is 0 Å². The molecule has 2 atom stereocenters. The zero-order chi connectivity index (χ0) is 21.4. The number of carbonyl (C=O) groups excluding carboxylic acids is 1. The molecule has 2 aromatic rings. The first kappa shape index (κ1) is 20.5. The molecule has 2 heterocycles. The van der Waals surface area contributed by atoms with Gasteiger partial charge in [0.2, 0.25) is 5.91 Å². The maximum Gasteiger partial charge on any atom is 0.225 e. The molecule has 0 aromatic heterocycles. The molecule has 164 valence electrons. The van der Waals surface area contributed by atoms with Crippen molar-refractivity contribution in [1.82, 2.24) is 9.80 Å². The predicted molar refractivity (Wildman–Crippen MR) is 120 cm³/mol. The minimum Gasteiger partial charge on any atom is -0.497 e. The van der Waals surface area contributed by atoms with E-state index >= 15 is 0 Å². The van der Waals surface area contributed by atoms with Crippen LogP contribution in [-0.4, -0.2) is 59.2 Å². The van der Waals surface area contributed by atoms with Crippen molar-refractivity contribution in [3.8, 4) is 5.75 Å². The number of benzene rings is 2. The number of aliphatic hydroxyl groups is 1. The average molecular weight is 421 g/mol. The quantitative estimate of drug-likeness (QED) is 0.778. The molecule has 5 heteroatoms. The standard InChI is InChI=1S/C26H32N2O3/c1-31-22-13-7-8-19(14-22)15-28-23(16-29)24(20-9-3-2-4-10-20)26(28)17-27(18-26)25(30)21-11-5-6-12-21/h2-4,7-10,13-14,21,23-24,29H,5-6,11-12,15-18H2,1H3/t23-,24+/m1/s1. The molecule has 2 aromatic carbocycles. The summed E-state index contributed by atoms with van der Waals surface area (Å²) in [4.78, 5) is 17.5. The molecule has 2 aliphatic heterocycles. The smallest absolute Gasteiger partial charge is 0.225 e. The Bertz CT molecular complexity index is 919. The van der Waals surface area contributed by atoms with Crippen molar-refractivity contribution in [2.24, 2.45) is 5.92 Å². The van der Waals surface area contributed by atoms with Crippen LogP contribution in [0.1, 0.15) is 42.7 Å². The number of likely N-dealkylation sites (tertiary alicyclic amines) is 2. The summed E-state index contributed by atoms with van der Waals surface area (Å²) in [7, 11) is 1.69. The Hall–Kier alpha value is -2.37. The minimum absolute atomic E-state index is 0.0531. The van der Waals surface area contributed by atoms with E-state index in [9.17, 15) is 9.90 Å². The second-order valence-corrected chi connectivity index (χ2v) is 9.40. The molecule has 0 bridgehead atoms. The predicted octanol–water partition coefficient (Wildman–Crippen LogP) is 3.43. The van der Waals surface area contributed by atoms with Crippen LogP contribution in [-0.2, 0) is 11.3 Å². The van der Waals surface area contributed by atoms with E-state index in [2.05, 4.69) is 46.2 Å². The van der Waals surface area contributed by atoms with Gasteiger partial charge in [-0.3, -0.25) is 9.69 Å². The van der Waals surface area contributed by atoms with Gasteiger partial charge in [-0.15, -0.1) is 0 Å². The zero-order valence-corrected chi connectivity index (χ0v) is 18.2. The Morgan fingerprint density at radius 2 is 1.84 bits per heavy atom. The number of ether oxygens (including phenoxy) is 1. The molecule has 1 saturated carbocycles. The maximum atomic E-state index is 13.0. The molecular weight excluding hydrogens is 388 g/mol. The molecule has 3 aliphatic rings. The molecule has 5 rings (SSSR count). The van der Waals surface area contributed by atoms with Crippen LogP contribution < -0.4 is 4.74 Å². The summed E-state index contributed by atoms with van der Waals surface area (Å²) in [5.41, 5.74) is 2.33. The van der Waals surface area contributed by atoms with Crippen molar-refractivity contribution in [3.05, 3.63) is 65.7 Å². The van der Waals surface area contributed by atoms with Crippen LogP contribution in [0.25, 0.3) is 0 Å². The van der Waals surface area contributed by atoms with Crippen molar-refractivity contribution in [1.29, 1.82) is 0 Å². The molecular formula is C26H32N2O3. The molecule has 2 saturated heterocycles. The number of rotatable bonds is 6. The van der Waals surface area contributed by atoms with Crippen LogP contribution in [0.4, 0.5) is 0 Å². The summed E-state index contributed by atoms with van der Waals surface area (Å²) in [5.74, 6) is 1.63. The fourth-order valence-electron chi connectivity index (χ4n) is 6.18. The lowest BCUT2D eigenvalue weighted by atomic mass is 9.60. The second-order valence-electron chi connectivity index (χ2n) is 9.40. The van der Waals surface area contributed by atoms with Gasteiger partial charge in [-0.05, 0) is 36.1 Å². The molecule has 1 N–H and O–H groups in total. The summed E-state index contributed by atoms with van der Waals surface area (Å²) in [6.45, 7) is 2.36. The Balaban J connectivity index is 1.41. The Morgan fingerprint density at radius 1 is 1.10 bits per heavy atom. The molecule has 3 fully saturated rings. The summed E-state index contributed by atoms with van der Waals surface area (Å²) in [5, 5.41) is 10.3. The van der Waals surface area contributed by atoms with Gasteiger partial charge in [0, 0.05) is 37.5 Å². The van der Waals surface area contributed by atoms with Crippen LogP contribution >= 0.6 is 0 Å². The van der Waals surface area contributed by atoms with Crippen molar-refractivity contribution in [2.75, 3.05) is 26.8 Å². The minimum atomic E-state index is -0.105. The molecule has 5 nitrogen and oxygen atoms in total. The van der Waals surface area contributed by atoms with Gasteiger partial charge in [0.25, 0.3) is 0 Å². The maximum absolute atomic E-state index is 13.0. The lowest BCUT2D eigenvalue weighted by Crippen LogP contribution is -2.84. The summed E-state index contributed by atoms with van der Waals surface area (Å²) < 4.78 is 5.41. The van der Waals surface area contributed by atoms with E-state index in [4.69, 9.17) is 4.74 Å². The third kappa shape index (κ3) is 3.44. The van der Waals surface area contributed by atoms with Crippen molar-refractivity contribution in [3.63, 3.8) is 0 Å². The number of methoxy groups -OCH3 is 1. The van der Waals surface area contributed by atoms with Gasteiger partial charge in [0.1, 0.15) is 5.75 Å². The Kier molecular flexibility index (Phi) is 5.49. The summed E-state index contributed by atoms with van der Waals surface area (Å²) in [6, 6.07) is 18.7. The Labute approximate surface area is 184 Å². The fourth-order valence-corrected chi connectivity index (χ4v) is 6.18. The van der Waals surface area contributed by atoms with E-state index in [1.54, 1.807) is 7.11 Å². The van der Waals surface area contributed by atoms with Crippen molar-refractivity contribution >= 4 is 5.91 Å². The van der Waals surface area contributed by atoms with Gasteiger partial charge in [-0.2, -0.15) is 0 Å². The molecule has 0 radical (unpaired) electrons. The largest absolute Gasteiger partial charge is 0.497 e. The van der Waals surface area contributed by atoms with Crippen LogP contribution in [0, 0.1) is 5.92 Å². The van der Waals surface area contributed by atoms with Gasteiger partial charge in [-0.25, -0.2) is 0 Å². The number of amides is 1. The summed E-state index contributed by atoms with van der Waals surface area (Å²) in [6.07, 6.45) is 4.43. The molecule has 0 unspecified atom stereocenters. The first-order chi connectivity index (χ1) is 15.2. The highest BCUT2D eigenvalue weighted by Crippen LogP contribution is 2.54. The number of nitrogens with zero attached hydrogens (tertiary/aromatic N) is 2. The first-order valence-electron chi connectivity index (χ1n) is 11.5. The van der Waals surface area contributed by atoms with Gasteiger partial charge in [-0.1, -0.05) is 55.3 Å². The van der Waals surface area contributed by atoms with E-state index in [-0.39, 0.29) is 30.0 Å². The number of aliphatic hydroxyl groups excluding tert-OH is 1. The molecule has 31 heavy (non-hydrogen) atoms. The van der Waals surface area contributed by atoms with Crippen LogP contribution in [0.15, 0.2) is 54.6 Å². The average Bonchev–Trinajstić information content (AvgIpc) is 3.31.